The molecule has 92 valence electrons. The number of aromatic nitrogens is 2. The quantitative estimate of drug-likeness (QED) is 0.240. The highest BCUT2D eigenvalue weighted by Gasteiger charge is 2.22. The van der Waals surface area contributed by atoms with Gasteiger partial charge in [-0.2, -0.15) is 4.98 Å². The Hall–Kier alpha value is -2.65. The molecule has 10 heteroatoms. The van der Waals surface area contributed by atoms with E-state index < -0.39 is 22.2 Å². The molecule has 0 aliphatic carbocycles. The number of nitrogen functional groups attached to an aromatic ring is 1. The van der Waals surface area contributed by atoms with Crippen LogP contribution < -0.4 is 16.6 Å². The van der Waals surface area contributed by atoms with Crippen LogP contribution in [0.25, 0.3) is 0 Å². The average molecular weight is 242 g/mol. The van der Waals surface area contributed by atoms with E-state index in [-0.39, 0.29) is 11.8 Å². The van der Waals surface area contributed by atoms with Crippen LogP contribution in [0.2, 0.25) is 0 Å². The molecule has 0 aliphatic heterocycles. The van der Waals surface area contributed by atoms with Gasteiger partial charge >= 0.3 is 11.2 Å². The monoisotopic (exact) mass is 242 g/mol. The highest BCUT2D eigenvalue weighted by Crippen LogP contribution is 2.17. The number of anilines is 2. The highest BCUT2D eigenvalue weighted by atomic mass is 16.6. The van der Waals surface area contributed by atoms with Gasteiger partial charge in [-0.25, -0.2) is 0 Å². The average Bonchev–Trinajstić information content (AvgIpc) is 2.15. The van der Waals surface area contributed by atoms with E-state index in [9.17, 15) is 14.9 Å². The van der Waals surface area contributed by atoms with Crippen LogP contribution in [0.5, 0.6) is 0 Å². The van der Waals surface area contributed by atoms with E-state index in [0.717, 1.165) is 6.21 Å². The van der Waals surface area contributed by atoms with Crippen LogP contribution in [0.4, 0.5) is 17.5 Å². The lowest BCUT2D eigenvalue weighted by molar-refractivity contribution is -0.385. The molecule has 0 radical (unpaired) electrons. The molecule has 1 aromatic heterocycles. The Morgan fingerprint density at radius 1 is 1.76 bits per heavy atom. The minimum atomic E-state index is -0.960. The van der Waals surface area contributed by atoms with Crippen molar-refractivity contribution in [3.8, 4) is 0 Å². The summed E-state index contributed by atoms with van der Waals surface area (Å²) in [6, 6.07) is -0.563. The van der Waals surface area contributed by atoms with E-state index in [4.69, 9.17) is 10.9 Å². The lowest BCUT2D eigenvalue weighted by Gasteiger charge is -2.08. The minimum Gasteiger partial charge on any atom is -0.411 e. The summed E-state index contributed by atoms with van der Waals surface area (Å²) in [4.78, 5) is 26.7. The summed E-state index contributed by atoms with van der Waals surface area (Å²) in [5, 5.41) is 24.2. The molecule has 0 aromatic carbocycles. The predicted octanol–water partition coefficient (Wildman–Crippen LogP) is -0.479. The molecule has 0 spiro atoms. The predicted molar refractivity (Wildman–Crippen MR) is 59.3 cm³/mol. The number of aromatic amines is 1. The van der Waals surface area contributed by atoms with Gasteiger partial charge in [0, 0.05) is 0 Å². The Labute approximate surface area is 94.3 Å². The van der Waals surface area contributed by atoms with Gasteiger partial charge in [0.25, 0.3) is 0 Å². The van der Waals surface area contributed by atoms with E-state index >= 15 is 0 Å². The van der Waals surface area contributed by atoms with Gasteiger partial charge in [0.05, 0.1) is 17.2 Å². The van der Waals surface area contributed by atoms with E-state index in [0.29, 0.717) is 0 Å². The van der Waals surface area contributed by atoms with Gasteiger partial charge in [0.1, 0.15) is 0 Å². The van der Waals surface area contributed by atoms with E-state index in [1.54, 1.807) is 6.92 Å². The molecule has 0 saturated heterocycles. The highest BCUT2D eigenvalue weighted by molar-refractivity contribution is 5.70. The SMILES string of the molecule is C[C@H](/C=N\O)Nc1nc(N)[nH]c(=O)c1[N+](=O)[O-]. The number of nitrogens with zero attached hydrogens (tertiary/aromatic N) is 3. The third-order valence-electron chi connectivity index (χ3n) is 1.75. The number of hydrogen-bond acceptors (Lipinski definition) is 8. The molecule has 0 saturated carbocycles. The summed E-state index contributed by atoms with van der Waals surface area (Å²) in [6.45, 7) is 1.54. The van der Waals surface area contributed by atoms with Crippen LogP contribution in [0.3, 0.4) is 0 Å². The van der Waals surface area contributed by atoms with Crippen molar-refractivity contribution in [2.24, 2.45) is 5.16 Å². The maximum Gasteiger partial charge on any atom is 0.375 e. The van der Waals surface area contributed by atoms with Crippen molar-refractivity contribution >= 4 is 23.7 Å². The Bertz CT molecular complexity index is 510. The number of nitrogens with one attached hydrogen (secondary N) is 2. The number of rotatable bonds is 4. The molecule has 5 N–H and O–H groups in total. The molecule has 1 rings (SSSR count). The first-order valence-electron chi connectivity index (χ1n) is 4.44. The van der Waals surface area contributed by atoms with Gasteiger partial charge in [-0.1, -0.05) is 5.16 Å². The summed E-state index contributed by atoms with van der Waals surface area (Å²) in [6.07, 6.45) is 1.07. The van der Waals surface area contributed by atoms with Crippen molar-refractivity contribution < 1.29 is 10.1 Å². The lowest BCUT2D eigenvalue weighted by Crippen LogP contribution is -2.23. The van der Waals surface area contributed by atoms with Gasteiger partial charge in [-0.05, 0) is 6.92 Å². The molecular formula is C7H10N6O4. The molecule has 0 unspecified atom stereocenters. The van der Waals surface area contributed by atoms with Gasteiger partial charge < -0.3 is 16.3 Å². The second-order valence-electron chi connectivity index (χ2n) is 3.10. The van der Waals surface area contributed by atoms with Crippen molar-refractivity contribution in [1.82, 2.24) is 9.97 Å². The zero-order chi connectivity index (χ0) is 13.0. The van der Waals surface area contributed by atoms with Gasteiger partial charge in [0.2, 0.25) is 11.8 Å². The first kappa shape index (κ1) is 12.4. The second-order valence-corrected chi connectivity index (χ2v) is 3.10. The molecule has 0 aliphatic rings. The number of nitrogens with two attached hydrogens (primary N) is 1. The van der Waals surface area contributed by atoms with Crippen molar-refractivity contribution in [2.75, 3.05) is 11.1 Å². The standard InChI is InChI=1S/C7H10N6O4/c1-3(2-9-15)10-5-4(13(16)17)6(14)12-7(8)11-5/h2-3,15H,1H3,(H4,8,10,11,12,14)/b9-2-/t3-/m1/s1. The first-order valence-corrected chi connectivity index (χ1v) is 4.44. The Morgan fingerprint density at radius 2 is 2.41 bits per heavy atom. The molecule has 1 atom stereocenters. The third-order valence-corrected chi connectivity index (χ3v) is 1.75. The van der Waals surface area contributed by atoms with Crippen LogP contribution in [0.15, 0.2) is 9.95 Å². The molecule has 0 amide bonds. The minimum absolute atomic E-state index is 0.253. The van der Waals surface area contributed by atoms with Gasteiger partial charge in [-0.15, -0.1) is 0 Å². The smallest absolute Gasteiger partial charge is 0.375 e. The maximum absolute atomic E-state index is 11.3. The van der Waals surface area contributed by atoms with E-state index in [1.807, 2.05) is 4.98 Å². The van der Waals surface area contributed by atoms with Crippen molar-refractivity contribution in [1.29, 1.82) is 0 Å². The van der Waals surface area contributed by atoms with Crippen LogP contribution in [-0.4, -0.2) is 32.4 Å². The number of H-pyrrole nitrogens is 1. The molecular weight excluding hydrogens is 232 g/mol. The third kappa shape index (κ3) is 2.90. The number of hydrogen-bond donors (Lipinski definition) is 4. The molecule has 1 heterocycles. The summed E-state index contributed by atoms with van der Waals surface area (Å²) >= 11 is 0. The zero-order valence-corrected chi connectivity index (χ0v) is 8.75. The van der Waals surface area contributed by atoms with Crippen molar-refractivity contribution in [2.45, 2.75) is 13.0 Å². The topological polar surface area (TPSA) is 160 Å². The summed E-state index contributed by atoms with van der Waals surface area (Å²) < 4.78 is 0. The second kappa shape index (κ2) is 4.92. The van der Waals surface area contributed by atoms with Crippen LogP contribution >= 0.6 is 0 Å². The van der Waals surface area contributed by atoms with Crippen molar-refractivity contribution in [3.05, 3.63) is 20.5 Å². The van der Waals surface area contributed by atoms with E-state index in [2.05, 4.69) is 15.5 Å². The first-order chi connectivity index (χ1) is 7.95. The lowest BCUT2D eigenvalue weighted by atomic mass is 10.3. The number of nitro groups is 1. The molecule has 0 bridgehead atoms. The summed E-state index contributed by atoms with van der Waals surface area (Å²) in [5.41, 5.74) is 3.55. The van der Waals surface area contributed by atoms with Crippen LogP contribution in [0.1, 0.15) is 6.92 Å². The molecule has 17 heavy (non-hydrogen) atoms. The fraction of sp³-hybridized carbons (Fsp3) is 0.286. The number of oxime groups is 1. The largest absolute Gasteiger partial charge is 0.411 e. The summed E-state index contributed by atoms with van der Waals surface area (Å²) in [7, 11) is 0. The Morgan fingerprint density at radius 3 is 2.94 bits per heavy atom. The van der Waals surface area contributed by atoms with E-state index in [1.165, 1.54) is 0 Å². The van der Waals surface area contributed by atoms with Crippen LogP contribution in [0, 0.1) is 10.1 Å². The molecule has 1 aromatic rings. The van der Waals surface area contributed by atoms with Crippen molar-refractivity contribution in [3.63, 3.8) is 0 Å². The Kier molecular flexibility index (Phi) is 3.59. The Balaban J connectivity index is 3.21. The zero-order valence-electron chi connectivity index (χ0n) is 8.75. The normalized spacial score (nSPS) is 12.5. The molecule has 10 nitrogen and oxygen atoms in total. The fourth-order valence-electron chi connectivity index (χ4n) is 1.11. The van der Waals surface area contributed by atoms with Gasteiger partial charge in [-0.3, -0.25) is 19.9 Å². The van der Waals surface area contributed by atoms with Crippen LogP contribution in [-0.2, 0) is 0 Å². The van der Waals surface area contributed by atoms with Gasteiger partial charge in [0.15, 0.2) is 0 Å². The molecule has 0 fully saturated rings. The summed E-state index contributed by atoms with van der Waals surface area (Å²) in [5.74, 6) is -0.542. The maximum atomic E-state index is 11.3. The fourth-order valence-corrected chi connectivity index (χ4v) is 1.11.